The van der Waals surface area contributed by atoms with Gasteiger partial charge in [0.15, 0.2) is 0 Å². The van der Waals surface area contributed by atoms with Crippen LogP contribution < -0.4 is 15.4 Å². The molecule has 0 saturated heterocycles. The molecule has 0 spiro atoms. The highest BCUT2D eigenvalue weighted by Crippen LogP contribution is 2.35. The molecule has 1 aromatic heterocycles. The van der Waals surface area contributed by atoms with Crippen LogP contribution in [0, 0.1) is 5.82 Å². The first-order chi connectivity index (χ1) is 18.8. The normalized spacial score (nSPS) is 14.6. The molecular weight excluding hydrogens is 515 g/mol. The van der Waals surface area contributed by atoms with Crippen molar-refractivity contribution in [1.82, 2.24) is 15.0 Å². The zero-order valence-electron chi connectivity index (χ0n) is 21.4. The zero-order valence-corrected chi connectivity index (χ0v) is 22.3. The lowest BCUT2D eigenvalue weighted by molar-refractivity contribution is 0.0951. The highest BCUT2D eigenvalue weighted by Gasteiger charge is 2.28. The number of carbonyl (C=O) groups excluding carboxylic acids is 1. The van der Waals surface area contributed by atoms with Crippen LogP contribution in [0.2, 0.25) is 0 Å². The summed E-state index contributed by atoms with van der Waals surface area (Å²) in [7, 11) is -3.69. The Morgan fingerprint density at radius 2 is 1.74 bits per heavy atom. The number of pyridine rings is 1. The summed E-state index contributed by atoms with van der Waals surface area (Å²) in [5, 5.41) is 6.06. The summed E-state index contributed by atoms with van der Waals surface area (Å²) in [5.74, 6) is -0.283. The number of aryl methyl sites for hydroxylation is 2. The molecule has 5 rings (SSSR count). The van der Waals surface area contributed by atoms with E-state index >= 15 is 0 Å². The molecular formula is C30H29FN4O3S. The SMILES string of the molecule is CCc1ccc(S(=O)(=O)NC2CCc3ccc(Nc4ncccc4C(=O)NCc4ccc(F)cc4)cc32)cc1. The van der Waals surface area contributed by atoms with Crippen LogP contribution in [0.4, 0.5) is 15.9 Å². The summed E-state index contributed by atoms with van der Waals surface area (Å²) in [6.07, 6.45) is 3.85. The van der Waals surface area contributed by atoms with E-state index in [9.17, 15) is 17.6 Å². The van der Waals surface area contributed by atoms with Gasteiger partial charge in [0.1, 0.15) is 11.6 Å². The van der Waals surface area contributed by atoms with Gasteiger partial charge in [0.05, 0.1) is 10.5 Å². The van der Waals surface area contributed by atoms with Crippen molar-refractivity contribution in [3.05, 3.63) is 119 Å². The van der Waals surface area contributed by atoms with E-state index in [-0.39, 0.29) is 29.2 Å². The van der Waals surface area contributed by atoms with Gasteiger partial charge in [-0.05, 0) is 90.0 Å². The number of aromatic nitrogens is 1. The van der Waals surface area contributed by atoms with Gasteiger partial charge < -0.3 is 10.6 Å². The van der Waals surface area contributed by atoms with Crippen LogP contribution in [0.5, 0.6) is 0 Å². The monoisotopic (exact) mass is 544 g/mol. The Bertz CT molecular complexity index is 1590. The van der Waals surface area contributed by atoms with Gasteiger partial charge in [-0.2, -0.15) is 0 Å². The number of nitrogens with one attached hydrogen (secondary N) is 3. The number of hydrogen-bond acceptors (Lipinski definition) is 5. The summed E-state index contributed by atoms with van der Waals surface area (Å²) >= 11 is 0. The molecule has 200 valence electrons. The van der Waals surface area contributed by atoms with Gasteiger partial charge in [0, 0.05) is 24.5 Å². The second-order valence-corrected chi connectivity index (χ2v) is 11.2. The number of sulfonamides is 1. The molecule has 9 heteroatoms. The Morgan fingerprint density at radius 3 is 2.49 bits per heavy atom. The minimum absolute atomic E-state index is 0.243. The fourth-order valence-electron chi connectivity index (χ4n) is 4.67. The van der Waals surface area contributed by atoms with Crippen LogP contribution in [0.1, 0.15) is 52.0 Å². The molecule has 39 heavy (non-hydrogen) atoms. The van der Waals surface area contributed by atoms with Crippen molar-refractivity contribution in [2.24, 2.45) is 0 Å². The number of rotatable bonds is 9. The molecule has 1 amide bonds. The van der Waals surface area contributed by atoms with Crippen molar-refractivity contribution < 1.29 is 17.6 Å². The van der Waals surface area contributed by atoms with Crippen molar-refractivity contribution >= 4 is 27.4 Å². The number of hydrogen-bond donors (Lipinski definition) is 3. The van der Waals surface area contributed by atoms with Gasteiger partial charge in [0.25, 0.3) is 5.91 Å². The molecule has 4 aromatic rings. The Morgan fingerprint density at radius 1 is 1.00 bits per heavy atom. The number of amides is 1. The van der Waals surface area contributed by atoms with E-state index in [1.54, 1.807) is 42.6 Å². The summed E-state index contributed by atoms with van der Waals surface area (Å²) in [6.45, 7) is 2.27. The lowest BCUT2D eigenvalue weighted by Crippen LogP contribution is -2.27. The van der Waals surface area contributed by atoms with E-state index in [4.69, 9.17) is 0 Å². The Balaban J connectivity index is 1.31. The second-order valence-electron chi connectivity index (χ2n) is 9.46. The fourth-order valence-corrected chi connectivity index (χ4v) is 5.92. The van der Waals surface area contributed by atoms with Gasteiger partial charge in [-0.3, -0.25) is 4.79 Å². The molecule has 0 aliphatic heterocycles. The van der Waals surface area contributed by atoms with Gasteiger partial charge >= 0.3 is 0 Å². The Hall–Kier alpha value is -4.08. The molecule has 1 heterocycles. The van der Waals surface area contributed by atoms with Crippen LogP contribution in [0.25, 0.3) is 0 Å². The van der Waals surface area contributed by atoms with Crippen LogP contribution >= 0.6 is 0 Å². The second kappa shape index (κ2) is 11.3. The molecule has 0 fully saturated rings. The van der Waals surface area contributed by atoms with Crippen molar-refractivity contribution in [2.75, 3.05) is 5.32 Å². The number of benzene rings is 3. The molecule has 7 nitrogen and oxygen atoms in total. The smallest absolute Gasteiger partial charge is 0.255 e. The van der Waals surface area contributed by atoms with Crippen molar-refractivity contribution in [3.63, 3.8) is 0 Å². The molecule has 1 aliphatic rings. The predicted molar refractivity (Wildman–Crippen MR) is 149 cm³/mol. The van der Waals surface area contributed by atoms with Gasteiger partial charge in [0.2, 0.25) is 10.0 Å². The first-order valence-electron chi connectivity index (χ1n) is 12.8. The maximum absolute atomic E-state index is 13.2. The molecule has 0 bridgehead atoms. The van der Waals surface area contributed by atoms with E-state index in [2.05, 4.69) is 20.3 Å². The average Bonchev–Trinajstić information content (AvgIpc) is 3.34. The average molecular weight is 545 g/mol. The number of anilines is 2. The Kier molecular flexibility index (Phi) is 7.72. The number of nitrogens with zero attached hydrogens (tertiary/aromatic N) is 1. The van der Waals surface area contributed by atoms with E-state index in [0.29, 0.717) is 23.5 Å². The van der Waals surface area contributed by atoms with Crippen LogP contribution in [0.15, 0.2) is 90.0 Å². The van der Waals surface area contributed by atoms with Gasteiger partial charge in [-0.25, -0.2) is 22.5 Å². The van der Waals surface area contributed by atoms with Gasteiger partial charge in [-0.1, -0.05) is 37.3 Å². The highest BCUT2D eigenvalue weighted by molar-refractivity contribution is 7.89. The molecule has 1 atom stereocenters. The molecule has 1 aliphatic carbocycles. The number of carbonyl (C=O) groups is 1. The molecule has 3 aromatic carbocycles. The number of halogens is 1. The fraction of sp³-hybridized carbons (Fsp3) is 0.200. The minimum Gasteiger partial charge on any atom is -0.348 e. The van der Waals surface area contributed by atoms with E-state index in [1.807, 2.05) is 37.3 Å². The molecule has 0 saturated carbocycles. The van der Waals surface area contributed by atoms with Crippen molar-refractivity contribution in [2.45, 2.75) is 43.7 Å². The predicted octanol–water partition coefficient (Wildman–Crippen LogP) is 5.42. The minimum atomic E-state index is -3.69. The van der Waals surface area contributed by atoms with E-state index in [0.717, 1.165) is 35.1 Å². The summed E-state index contributed by atoms with van der Waals surface area (Å²) in [5.41, 5.74) is 4.87. The highest BCUT2D eigenvalue weighted by atomic mass is 32.2. The zero-order chi connectivity index (χ0) is 27.4. The lowest BCUT2D eigenvalue weighted by atomic mass is 10.1. The molecule has 3 N–H and O–H groups in total. The third-order valence-corrected chi connectivity index (χ3v) is 8.33. The topological polar surface area (TPSA) is 100 Å². The number of fused-ring (bicyclic) bond motifs is 1. The standard InChI is InChI=1S/C30H29FN4O3S/c1-2-20-7-14-25(15-8-20)39(37,38)35-28-16-10-22-9-13-24(18-27(22)28)34-29-26(4-3-17-32-29)30(36)33-19-21-5-11-23(31)12-6-21/h3-9,11-15,17-18,28,35H,2,10,16,19H2,1H3,(H,32,34)(H,33,36). The Labute approximate surface area is 227 Å². The third-order valence-electron chi connectivity index (χ3n) is 6.84. The third kappa shape index (κ3) is 6.16. The van der Waals surface area contributed by atoms with Crippen LogP contribution in [0.3, 0.4) is 0 Å². The quantitative estimate of drug-likeness (QED) is 0.261. The van der Waals surface area contributed by atoms with E-state index < -0.39 is 10.0 Å². The van der Waals surface area contributed by atoms with Crippen molar-refractivity contribution in [3.8, 4) is 0 Å². The first kappa shape index (κ1) is 26.5. The van der Waals surface area contributed by atoms with Crippen LogP contribution in [-0.4, -0.2) is 19.3 Å². The summed E-state index contributed by atoms with van der Waals surface area (Å²) in [4.78, 5) is 17.5. The van der Waals surface area contributed by atoms with Crippen molar-refractivity contribution in [1.29, 1.82) is 0 Å². The van der Waals surface area contributed by atoms with E-state index in [1.165, 1.54) is 12.1 Å². The summed E-state index contributed by atoms with van der Waals surface area (Å²) < 4.78 is 42.2. The maximum atomic E-state index is 13.2. The van der Waals surface area contributed by atoms with Crippen LogP contribution in [-0.2, 0) is 29.4 Å². The molecule has 1 unspecified atom stereocenters. The van der Waals surface area contributed by atoms with Gasteiger partial charge in [-0.15, -0.1) is 0 Å². The lowest BCUT2D eigenvalue weighted by Gasteiger charge is -2.17. The first-order valence-corrected chi connectivity index (χ1v) is 14.3. The summed E-state index contributed by atoms with van der Waals surface area (Å²) in [6, 6.07) is 21.6. The maximum Gasteiger partial charge on any atom is 0.255 e. The molecule has 0 radical (unpaired) electrons. The largest absolute Gasteiger partial charge is 0.348 e.